The number of benzene rings is 1. The molecule has 1 N–H and O–H groups in total. The lowest BCUT2D eigenvalue weighted by Gasteiger charge is -2.13. The molecule has 0 aliphatic carbocycles. The highest BCUT2D eigenvalue weighted by molar-refractivity contribution is 7.89. The minimum atomic E-state index is -3.47. The van der Waals surface area contributed by atoms with Crippen LogP contribution in [0.25, 0.3) is 0 Å². The highest BCUT2D eigenvalue weighted by atomic mass is 32.2. The third-order valence-corrected chi connectivity index (χ3v) is 5.68. The van der Waals surface area contributed by atoms with Crippen LogP contribution in [0.4, 0.5) is 0 Å². The second-order valence-electron chi connectivity index (χ2n) is 4.60. The SMILES string of the molecule is Cc1ccc(S(=O)(=O)NC(C)c2cccs2)cc1C. The molecule has 0 aliphatic rings. The van der Waals surface area contributed by atoms with E-state index in [1.165, 1.54) is 0 Å². The average molecular weight is 295 g/mol. The van der Waals surface area contributed by atoms with Crippen LogP contribution in [-0.4, -0.2) is 8.42 Å². The average Bonchev–Trinajstić information content (AvgIpc) is 2.85. The van der Waals surface area contributed by atoms with E-state index in [0.29, 0.717) is 4.90 Å². The first-order valence-corrected chi connectivity index (χ1v) is 8.39. The van der Waals surface area contributed by atoms with Crippen LogP contribution in [-0.2, 0) is 10.0 Å². The molecule has 3 nitrogen and oxygen atoms in total. The van der Waals surface area contributed by atoms with E-state index in [4.69, 9.17) is 0 Å². The number of hydrogen-bond donors (Lipinski definition) is 1. The second kappa shape index (κ2) is 5.45. The lowest BCUT2D eigenvalue weighted by molar-refractivity contribution is 0.568. The molecule has 1 aromatic heterocycles. The highest BCUT2D eigenvalue weighted by Crippen LogP contribution is 2.21. The van der Waals surface area contributed by atoms with Gasteiger partial charge in [-0.3, -0.25) is 0 Å². The predicted octanol–water partition coefficient (Wildman–Crippen LogP) is 3.40. The van der Waals surface area contributed by atoms with Crippen molar-refractivity contribution >= 4 is 21.4 Å². The van der Waals surface area contributed by atoms with Gasteiger partial charge in [-0.2, -0.15) is 0 Å². The summed E-state index contributed by atoms with van der Waals surface area (Å²) in [6.45, 7) is 5.73. The summed E-state index contributed by atoms with van der Waals surface area (Å²) >= 11 is 1.55. The van der Waals surface area contributed by atoms with Crippen molar-refractivity contribution in [3.8, 4) is 0 Å². The first-order chi connectivity index (χ1) is 8.90. The van der Waals surface area contributed by atoms with Crippen LogP contribution >= 0.6 is 11.3 Å². The maximum absolute atomic E-state index is 12.3. The van der Waals surface area contributed by atoms with Gasteiger partial charge in [0.15, 0.2) is 0 Å². The van der Waals surface area contributed by atoms with Crippen molar-refractivity contribution in [2.24, 2.45) is 0 Å². The highest BCUT2D eigenvalue weighted by Gasteiger charge is 2.19. The molecule has 1 atom stereocenters. The fourth-order valence-corrected chi connectivity index (χ4v) is 3.89. The number of sulfonamides is 1. The molecule has 0 bridgehead atoms. The van der Waals surface area contributed by atoms with Crippen LogP contribution in [0.5, 0.6) is 0 Å². The van der Waals surface area contributed by atoms with E-state index >= 15 is 0 Å². The number of rotatable bonds is 4. The summed E-state index contributed by atoms with van der Waals surface area (Å²) in [6, 6.07) is 8.82. The van der Waals surface area contributed by atoms with Gasteiger partial charge in [0.2, 0.25) is 10.0 Å². The zero-order valence-corrected chi connectivity index (χ0v) is 12.8. The van der Waals surface area contributed by atoms with Gasteiger partial charge in [-0.1, -0.05) is 12.1 Å². The number of thiophene rings is 1. The number of aryl methyl sites for hydroxylation is 2. The Morgan fingerprint density at radius 2 is 1.89 bits per heavy atom. The molecule has 19 heavy (non-hydrogen) atoms. The maximum Gasteiger partial charge on any atom is 0.241 e. The third kappa shape index (κ3) is 3.23. The van der Waals surface area contributed by atoms with Crippen LogP contribution in [0.2, 0.25) is 0 Å². The van der Waals surface area contributed by atoms with Gasteiger partial charge in [-0.15, -0.1) is 11.3 Å². The Kier molecular flexibility index (Phi) is 4.08. The Morgan fingerprint density at radius 3 is 2.47 bits per heavy atom. The number of nitrogens with one attached hydrogen (secondary N) is 1. The fourth-order valence-electron chi connectivity index (χ4n) is 1.78. The summed E-state index contributed by atoms with van der Waals surface area (Å²) in [5.41, 5.74) is 2.07. The molecule has 0 saturated carbocycles. The lowest BCUT2D eigenvalue weighted by atomic mass is 10.1. The summed E-state index contributed by atoms with van der Waals surface area (Å²) in [7, 11) is -3.47. The molecule has 0 aliphatic heterocycles. The molecule has 0 spiro atoms. The molecule has 5 heteroatoms. The second-order valence-corrected chi connectivity index (χ2v) is 7.30. The summed E-state index contributed by atoms with van der Waals surface area (Å²) in [6.07, 6.45) is 0. The molecule has 1 heterocycles. The zero-order chi connectivity index (χ0) is 14.0. The summed E-state index contributed by atoms with van der Waals surface area (Å²) in [5.74, 6) is 0. The Morgan fingerprint density at radius 1 is 1.16 bits per heavy atom. The van der Waals surface area contributed by atoms with Gasteiger partial charge in [-0.05, 0) is 55.5 Å². The Bertz CT molecular complexity index is 661. The van der Waals surface area contributed by atoms with Crippen LogP contribution in [0.1, 0.15) is 29.0 Å². The molecular formula is C14H17NO2S2. The third-order valence-electron chi connectivity index (χ3n) is 3.09. The van der Waals surface area contributed by atoms with Crippen LogP contribution < -0.4 is 4.72 Å². The minimum absolute atomic E-state index is 0.216. The van der Waals surface area contributed by atoms with Crippen molar-refractivity contribution in [2.45, 2.75) is 31.7 Å². The van der Waals surface area contributed by atoms with E-state index in [-0.39, 0.29) is 6.04 Å². The van der Waals surface area contributed by atoms with E-state index in [1.807, 2.05) is 44.4 Å². The van der Waals surface area contributed by atoms with Crippen molar-refractivity contribution in [3.63, 3.8) is 0 Å². The van der Waals surface area contributed by atoms with Gasteiger partial charge in [0.05, 0.1) is 10.9 Å². The molecule has 2 rings (SSSR count). The summed E-state index contributed by atoms with van der Waals surface area (Å²) < 4.78 is 27.3. The zero-order valence-electron chi connectivity index (χ0n) is 11.2. The molecule has 1 aromatic carbocycles. The maximum atomic E-state index is 12.3. The smallest absolute Gasteiger partial charge is 0.207 e. The van der Waals surface area contributed by atoms with E-state index in [2.05, 4.69) is 4.72 Å². The van der Waals surface area contributed by atoms with E-state index in [9.17, 15) is 8.42 Å². The fraction of sp³-hybridized carbons (Fsp3) is 0.286. The summed E-state index contributed by atoms with van der Waals surface area (Å²) in [4.78, 5) is 1.33. The number of hydrogen-bond acceptors (Lipinski definition) is 3. The van der Waals surface area contributed by atoms with Crippen molar-refractivity contribution in [3.05, 3.63) is 51.7 Å². The largest absolute Gasteiger partial charge is 0.241 e. The molecule has 1 unspecified atom stereocenters. The molecule has 102 valence electrons. The first kappa shape index (κ1) is 14.2. The van der Waals surface area contributed by atoms with Crippen LogP contribution in [0.15, 0.2) is 40.6 Å². The molecule has 0 fully saturated rings. The van der Waals surface area contributed by atoms with Crippen molar-refractivity contribution in [2.75, 3.05) is 0 Å². The van der Waals surface area contributed by atoms with Crippen molar-refractivity contribution in [1.29, 1.82) is 0 Å². The standard InChI is InChI=1S/C14H17NO2S2/c1-10-6-7-13(9-11(10)2)19(16,17)15-12(3)14-5-4-8-18-14/h4-9,12,15H,1-3H3. The Labute approximate surface area is 118 Å². The molecule has 0 amide bonds. The van der Waals surface area contributed by atoms with Crippen molar-refractivity contribution < 1.29 is 8.42 Å². The monoisotopic (exact) mass is 295 g/mol. The topological polar surface area (TPSA) is 46.2 Å². The van der Waals surface area contributed by atoms with Crippen LogP contribution in [0.3, 0.4) is 0 Å². The van der Waals surface area contributed by atoms with Crippen molar-refractivity contribution in [1.82, 2.24) is 4.72 Å². The Hall–Kier alpha value is -1.17. The lowest BCUT2D eigenvalue weighted by Crippen LogP contribution is -2.26. The molecule has 0 saturated heterocycles. The first-order valence-electron chi connectivity index (χ1n) is 6.03. The molecule has 2 aromatic rings. The van der Waals surface area contributed by atoms with Gasteiger partial charge in [-0.25, -0.2) is 13.1 Å². The quantitative estimate of drug-likeness (QED) is 0.939. The minimum Gasteiger partial charge on any atom is -0.207 e. The van der Waals surface area contributed by atoms with Gasteiger partial charge < -0.3 is 0 Å². The van der Waals surface area contributed by atoms with Gasteiger partial charge >= 0.3 is 0 Å². The Balaban J connectivity index is 2.25. The van der Waals surface area contributed by atoms with E-state index in [1.54, 1.807) is 23.5 Å². The van der Waals surface area contributed by atoms with E-state index in [0.717, 1.165) is 16.0 Å². The van der Waals surface area contributed by atoms with Gasteiger partial charge in [0, 0.05) is 4.88 Å². The van der Waals surface area contributed by atoms with Crippen LogP contribution in [0, 0.1) is 13.8 Å². The van der Waals surface area contributed by atoms with Gasteiger partial charge in [0.25, 0.3) is 0 Å². The predicted molar refractivity (Wildman–Crippen MR) is 79.0 cm³/mol. The molecule has 0 radical (unpaired) electrons. The normalized spacial score (nSPS) is 13.4. The summed E-state index contributed by atoms with van der Waals surface area (Å²) in [5, 5.41) is 1.94. The van der Waals surface area contributed by atoms with E-state index < -0.39 is 10.0 Å². The molecular weight excluding hydrogens is 278 g/mol. The van der Waals surface area contributed by atoms with Gasteiger partial charge in [0.1, 0.15) is 0 Å².